The summed E-state index contributed by atoms with van der Waals surface area (Å²) >= 11 is 0. The molecule has 6 heteroatoms. The van der Waals surface area contributed by atoms with E-state index in [2.05, 4.69) is 71.7 Å². The van der Waals surface area contributed by atoms with E-state index in [0.717, 1.165) is 18.4 Å². The predicted molar refractivity (Wildman–Crippen MR) is 128 cm³/mol. The molecule has 0 spiro atoms. The number of unbranched alkanes of at least 4 members (excludes halogenated alkanes) is 1. The van der Waals surface area contributed by atoms with Crippen LogP contribution in [0.15, 0.2) is 24.3 Å². The molecule has 0 radical (unpaired) electrons. The van der Waals surface area contributed by atoms with E-state index < -0.39 is 8.45 Å². The van der Waals surface area contributed by atoms with Crippen molar-refractivity contribution in [2.75, 3.05) is 0 Å². The van der Waals surface area contributed by atoms with Crippen LogP contribution in [0.1, 0.15) is 87.1 Å². The number of hydrogen-bond acceptors (Lipinski definition) is 5. The van der Waals surface area contributed by atoms with Crippen molar-refractivity contribution < 1.29 is 14.1 Å². The highest BCUT2D eigenvalue weighted by Gasteiger charge is 2.34. The molecular weight excluding hydrogens is 395 g/mol. The lowest BCUT2D eigenvalue weighted by atomic mass is 10.2. The number of benzene rings is 1. The average Bonchev–Trinajstić information content (AvgIpc) is 2.64. The molecule has 0 aliphatic rings. The zero-order chi connectivity index (χ0) is 22.8. The Labute approximate surface area is 186 Å². The van der Waals surface area contributed by atoms with Crippen LogP contribution in [0.3, 0.4) is 0 Å². The predicted octanol–water partition coefficient (Wildman–Crippen LogP) is 6.76. The van der Waals surface area contributed by atoms with Gasteiger partial charge < -0.3 is 9.26 Å². The molecule has 0 atom stereocenters. The van der Waals surface area contributed by atoms with Gasteiger partial charge in [-0.2, -0.15) is 0 Å². The Bertz CT molecular complexity index is 581. The molecule has 0 unspecified atom stereocenters. The molecule has 1 rings (SSSR count). The lowest BCUT2D eigenvalue weighted by molar-refractivity contribution is -0.134. The molecule has 0 amide bonds. The summed E-state index contributed by atoms with van der Waals surface area (Å²) in [5.74, 6) is 0.428. The van der Waals surface area contributed by atoms with Crippen molar-refractivity contribution in [3.8, 4) is 5.75 Å². The number of esters is 1. The maximum atomic E-state index is 11.8. The smallest absolute Gasteiger partial charge is 0.311 e. The van der Waals surface area contributed by atoms with Crippen molar-refractivity contribution in [2.24, 2.45) is 0 Å². The molecule has 0 aliphatic carbocycles. The Hall–Kier alpha value is -1.00. The van der Waals surface area contributed by atoms with Gasteiger partial charge in [-0.25, -0.2) is 9.34 Å². The maximum Gasteiger partial charge on any atom is 0.311 e. The summed E-state index contributed by atoms with van der Waals surface area (Å²) < 4.78 is 17.0. The first-order valence-corrected chi connectivity index (χ1v) is 12.5. The van der Waals surface area contributed by atoms with Crippen molar-refractivity contribution in [3.63, 3.8) is 0 Å². The summed E-state index contributed by atoms with van der Waals surface area (Å²) in [5, 5.41) is 0. The van der Waals surface area contributed by atoms with Gasteiger partial charge in [0, 0.05) is 30.6 Å². The Balaban J connectivity index is 2.91. The second-order valence-corrected chi connectivity index (χ2v) is 10.6. The van der Waals surface area contributed by atoms with E-state index in [1.807, 2.05) is 24.3 Å². The fourth-order valence-electron chi connectivity index (χ4n) is 3.52. The van der Waals surface area contributed by atoms with Crippen LogP contribution in [0.5, 0.6) is 5.75 Å². The summed E-state index contributed by atoms with van der Waals surface area (Å²) in [5.41, 5.74) is 1.08. The van der Waals surface area contributed by atoms with Crippen LogP contribution in [-0.4, -0.2) is 39.5 Å². The third-order valence-corrected chi connectivity index (χ3v) is 7.75. The van der Waals surface area contributed by atoms with Gasteiger partial charge in [0.25, 0.3) is 0 Å². The van der Waals surface area contributed by atoms with Crippen LogP contribution < -0.4 is 4.74 Å². The van der Waals surface area contributed by atoms with Crippen molar-refractivity contribution in [2.45, 2.75) is 112 Å². The molecule has 0 fully saturated rings. The van der Waals surface area contributed by atoms with Gasteiger partial charge in [-0.3, -0.25) is 4.79 Å². The van der Waals surface area contributed by atoms with E-state index in [1.54, 1.807) is 0 Å². The second-order valence-electron chi connectivity index (χ2n) is 8.88. The fraction of sp³-hybridized carbons (Fsp3) is 0.708. The highest BCUT2D eigenvalue weighted by Crippen LogP contribution is 2.51. The zero-order valence-electron chi connectivity index (χ0n) is 20.5. The van der Waals surface area contributed by atoms with Gasteiger partial charge in [0.2, 0.25) is 0 Å². The minimum Gasteiger partial charge on any atom is -0.427 e. The Morgan fingerprint density at radius 2 is 1.33 bits per heavy atom. The molecule has 0 aromatic heterocycles. The molecule has 0 bridgehead atoms. The molecule has 1 aromatic rings. The summed E-state index contributed by atoms with van der Waals surface area (Å²) in [7, 11) is -0.916. The van der Waals surface area contributed by atoms with E-state index >= 15 is 0 Å². The van der Waals surface area contributed by atoms with Crippen LogP contribution in [0, 0.1) is 0 Å². The molecule has 0 saturated carbocycles. The second kappa shape index (κ2) is 13.4. The van der Waals surface area contributed by atoms with E-state index in [9.17, 15) is 4.79 Å². The number of nitrogens with zero attached hydrogens (tertiary/aromatic N) is 2. The van der Waals surface area contributed by atoms with Gasteiger partial charge >= 0.3 is 5.97 Å². The molecular formula is C24H43N2O3P. The maximum absolute atomic E-state index is 11.8. The van der Waals surface area contributed by atoms with Gasteiger partial charge in [-0.15, -0.1) is 0 Å². The monoisotopic (exact) mass is 438 g/mol. The third kappa shape index (κ3) is 8.63. The fourth-order valence-corrected chi connectivity index (χ4v) is 5.88. The molecule has 172 valence electrons. The van der Waals surface area contributed by atoms with E-state index in [-0.39, 0.29) is 5.97 Å². The van der Waals surface area contributed by atoms with Gasteiger partial charge in [0.1, 0.15) is 5.75 Å². The highest BCUT2D eigenvalue weighted by atomic mass is 31.2. The lowest BCUT2D eigenvalue weighted by Gasteiger charge is -2.45. The zero-order valence-corrected chi connectivity index (χ0v) is 21.4. The summed E-state index contributed by atoms with van der Waals surface area (Å²) in [6, 6.07) is 9.25. The quantitative estimate of drug-likeness (QED) is 0.193. The summed E-state index contributed by atoms with van der Waals surface area (Å²) in [4.78, 5) is 11.8. The summed E-state index contributed by atoms with van der Waals surface area (Å²) in [6.45, 7) is 20.5. The number of carbonyl (C=O) groups is 1. The van der Waals surface area contributed by atoms with Crippen molar-refractivity contribution in [1.82, 2.24) is 9.34 Å². The lowest BCUT2D eigenvalue weighted by Crippen LogP contribution is -2.43. The first kappa shape index (κ1) is 27.0. The topological polar surface area (TPSA) is 42.0 Å². The van der Waals surface area contributed by atoms with Crippen LogP contribution in [0.25, 0.3) is 0 Å². The third-order valence-electron chi connectivity index (χ3n) is 4.75. The van der Waals surface area contributed by atoms with Gasteiger partial charge in [-0.1, -0.05) is 25.5 Å². The molecule has 5 nitrogen and oxygen atoms in total. The van der Waals surface area contributed by atoms with Crippen LogP contribution in [0.2, 0.25) is 0 Å². The first-order chi connectivity index (χ1) is 14.1. The SMILES string of the molecule is CCCCC(=O)Oc1ccc(COP(N(C(C)C)C(C)C)N(C(C)C)C(C)C)cc1. The van der Waals surface area contributed by atoms with Gasteiger partial charge in [0.15, 0.2) is 8.45 Å². The number of ether oxygens (including phenoxy) is 1. The Morgan fingerprint density at radius 1 is 0.867 bits per heavy atom. The van der Waals surface area contributed by atoms with E-state index in [4.69, 9.17) is 9.26 Å². The number of rotatable bonds is 13. The largest absolute Gasteiger partial charge is 0.427 e. The first-order valence-electron chi connectivity index (χ1n) is 11.4. The van der Waals surface area contributed by atoms with E-state index in [1.165, 1.54) is 0 Å². The van der Waals surface area contributed by atoms with Crippen LogP contribution >= 0.6 is 8.45 Å². The van der Waals surface area contributed by atoms with Crippen molar-refractivity contribution in [1.29, 1.82) is 0 Å². The molecule has 0 N–H and O–H groups in total. The minimum atomic E-state index is -0.916. The van der Waals surface area contributed by atoms with Gasteiger partial charge in [0.05, 0.1) is 6.61 Å². The van der Waals surface area contributed by atoms with E-state index in [0.29, 0.717) is 42.9 Å². The van der Waals surface area contributed by atoms with Crippen LogP contribution in [-0.2, 0) is 15.9 Å². The van der Waals surface area contributed by atoms with Crippen molar-refractivity contribution in [3.05, 3.63) is 29.8 Å². The van der Waals surface area contributed by atoms with Crippen LogP contribution in [0.4, 0.5) is 0 Å². The molecule has 30 heavy (non-hydrogen) atoms. The highest BCUT2D eigenvalue weighted by molar-refractivity contribution is 7.47. The number of carbonyl (C=O) groups excluding carboxylic acids is 1. The molecule has 0 heterocycles. The normalized spacial score (nSPS) is 12.4. The molecule has 1 aromatic carbocycles. The minimum absolute atomic E-state index is 0.168. The standard InChI is InChI=1S/C24H43N2O3P/c1-10-11-12-24(27)29-23-15-13-22(14-16-23)17-28-30(25(18(2)3)19(4)5)26(20(6)7)21(8)9/h13-16,18-21H,10-12,17H2,1-9H3. The van der Waals surface area contributed by atoms with Crippen molar-refractivity contribution >= 4 is 14.4 Å². The molecule has 0 aliphatic heterocycles. The molecule has 0 saturated heterocycles. The number of hydrogen-bond donors (Lipinski definition) is 0. The summed E-state index contributed by atoms with van der Waals surface area (Å²) in [6.07, 6.45) is 2.31. The van der Waals surface area contributed by atoms with Gasteiger partial charge in [-0.05, 0) is 79.5 Å². The Kier molecular flexibility index (Phi) is 12.1. The Morgan fingerprint density at radius 3 is 1.73 bits per heavy atom. The average molecular weight is 439 g/mol.